The second-order valence-electron chi connectivity index (χ2n) is 0.105. The van der Waals surface area contributed by atoms with Gasteiger partial charge in [-0.15, -0.1) is 0 Å². The summed E-state index contributed by atoms with van der Waals surface area (Å²) in [5, 5.41) is 6.89. The first-order valence-electron chi connectivity index (χ1n) is 0.494. The van der Waals surface area contributed by atoms with Gasteiger partial charge < -0.3 is 5.11 Å². The molecule has 0 heterocycles. The molecule has 0 aromatic heterocycles. The molecule has 5 heavy (non-hydrogen) atoms. The largest absolute Gasteiger partial charge is 0.483 e. The molecule has 0 saturated heterocycles. The first-order valence-corrected chi connectivity index (χ1v) is 0.494. The quantitative estimate of drug-likeness (QED) is 0.393. The predicted molar refractivity (Wildman–Crippen MR) is 8.69 cm³/mol. The van der Waals surface area contributed by atoms with Crippen LogP contribution in [0.2, 0.25) is 0 Å². The van der Waals surface area contributed by atoms with E-state index in [1.807, 2.05) is 0 Å². The number of hydrogen-bond donors (Lipinski definition) is 1. The Hall–Kier alpha value is 0.470. The van der Waals surface area contributed by atoms with Gasteiger partial charge in [0.15, 0.2) is 0 Å². The average molecular weight is 164 g/mol. The monoisotopic (exact) mass is 163 g/mol. The van der Waals surface area contributed by atoms with E-state index in [0.717, 1.165) is 0 Å². The molecule has 4 heteroatoms. The van der Waals surface area contributed by atoms with E-state index in [1.54, 1.807) is 0 Å². The van der Waals surface area contributed by atoms with Crippen molar-refractivity contribution < 1.29 is 43.2 Å². The van der Waals surface area contributed by atoms with Crippen LogP contribution in [0.3, 0.4) is 0 Å². The summed E-state index contributed by atoms with van der Waals surface area (Å²) in [4.78, 5) is 8.36. The van der Waals surface area contributed by atoms with Gasteiger partial charge in [0.05, 0.1) is 0 Å². The van der Waals surface area contributed by atoms with Crippen LogP contribution in [0.5, 0.6) is 0 Å². The number of carbonyl (C=O) groups is 1. The number of hydrogen-bond acceptors (Lipinski definition) is 1. The SMILES string of the molecule is O=CO.[Co].[Ni]. The predicted octanol–water partition coefficient (Wildman–Crippen LogP) is -0.304. The molecule has 0 fully saturated rings. The molecule has 0 atom stereocenters. The van der Waals surface area contributed by atoms with Gasteiger partial charge in [0.2, 0.25) is 0 Å². The van der Waals surface area contributed by atoms with E-state index in [0.29, 0.717) is 0 Å². The number of carboxylic acid groups (broad SMARTS) is 1. The summed E-state index contributed by atoms with van der Waals surface area (Å²) in [6.07, 6.45) is 0. The van der Waals surface area contributed by atoms with Crippen LogP contribution in [-0.4, -0.2) is 11.6 Å². The molecule has 0 bridgehead atoms. The number of rotatable bonds is 0. The Morgan fingerprint density at radius 1 is 1.60 bits per heavy atom. The molecule has 0 aromatic carbocycles. The van der Waals surface area contributed by atoms with Crippen molar-refractivity contribution in [1.29, 1.82) is 0 Å². The summed E-state index contributed by atoms with van der Waals surface area (Å²) in [5.74, 6) is 0. The summed E-state index contributed by atoms with van der Waals surface area (Å²) >= 11 is 0. The minimum Gasteiger partial charge on any atom is -0.483 e. The van der Waals surface area contributed by atoms with Crippen LogP contribution in [0.15, 0.2) is 0 Å². The minimum atomic E-state index is -0.250. The van der Waals surface area contributed by atoms with E-state index >= 15 is 0 Å². The zero-order valence-corrected chi connectivity index (χ0v) is 4.11. The van der Waals surface area contributed by atoms with Gasteiger partial charge in [-0.25, -0.2) is 0 Å². The molecular weight excluding hydrogens is 162 g/mol. The van der Waals surface area contributed by atoms with Crippen molar-refractivity contribution in [1.82, 2.24) is 0 Å². The molecule has 37 valence electrons. The van der Waals surface area contributed by atoms with Crippen LogP contribution in [0.4, 0.5) is 0 Å². The molecule has 0 rings (SSSR count). The fourth-order valence-corrected chi connectivity index (χ4v) is 0. The molecule has 0 unspecified atom stereocenters. The molecule has 1 N–H and O–H groups in total. The van der Waals surface area contributed by atoms with Gasteiger partial charge in [0.25, 0.3) is 6.47 Å². The van der Waals surface area contributed by atoms with Crippen LogP contribution >= 0.6 is 0 Å². The topological polar surface area (TPSA) is 37.3 Å². The molecule has 0 aromatic rings. The molecule has 1 radical (unpaired) electrons. The van der Waals surface area contributed by atoms with Crippen LogP contribution in [-0.2, 0) is 38.1 Å². The van der Waals surface area contributed by atoms with E-state index in [1.165, 1.54) is 0 Å². The second kappa shape index (κ2) is 24.9. The van der Waals surface area contributed by atoms with Crippen molar-refractivity contribution in [3.05, 3.63) is 0 Å². The molecule has 2 nitrogen and oxygen atoms in total. The minimum absolute atomic E-state index is 0. The van der Waals surface area contributed by atoms with Gasteiger partial charge in [-0.3, -0.25) is 4.79 Å². The van der Waals surface area contributed by atoms with Crippen LogP contribution in [0.1, 0.15) is 0 Å². The van der Waals surface area contributed by atoms with Crippen LogP contribution in [0, 0.1) is 0 Å². The maximum atomic E-state index is 8.36. The fraction of sp³-hybridized carbons (Fsp3) is 0. The van der Waals surface area contributed by atoms with Crippen LogP contribution < -0.4 is 0 Å². The van der Waals surface area contributed by atoms with Gasteiger partial charge in [0, 0.05) is 33.3 Å². The molecule has 0 aliphatic rings. The third-order valence-electron chi connectivity index (χ3n) is 0. The molecule has 0 aliphatic heterocycles. The Morgan fingerprint density at radius 3 is 1.60 bits per heavy atom. The molecular formula is CH2CoNiO2. The normalized spacial score (nSPS) is 2.40. The maximum Gasteiger partial charge on any atom is 0.290 e. The van der Waals surface area contributed by atoms with Crippen molar-refractivity contribution >= 4 is 6.47 Å². The smallest absolute Gasteiger partial charge is 0.290 e. The Balaban J connectivity index is -0.0000000200. The van der Waals surface area contributed by atoms with Gasteiger partial charge in [0.1, 0.15) is 0 Å². The Labute approximate surface area is 50.1 Å². The van der Waals surface area contributed by atoms with E-state index < -0.39 is 0 Å². The first kappa shape index (κ1) is 17.9. The second-order valence-corrected chi connectivity index (χ2v) is 0.105. The zero-order chi connectivity index (χ0) is 2.71. The van der Waals surface area contributed by atoms with Crippen molar-refractivity contribution in [2.75, 3.05) is 0 Å². The van der Waals surface area contributed by atoms with Gasteiger partial charge in [-0.05, 0) is 0 Å². The Kier molecular flexibility index (Phi) is 89.2. The van der Waals surface area contributed by atoms with Crippen molar-refractivity contribution in [3.63, 3.8) is 0 Å². The Morgan fingerprint density at radius 2 is 1.60 bits per heavy atom. The summed E-state index contributed by atoms with van der Waals surface area (Å²) in [5.41, 5.74) is 0. The molecule has 0 spiro atoms. The van der Waals surface area contributed by atoms with E-state index in [2.05, 4.69) is 0 Å². The average Bonchev–Trinajstić information content (AvgIpc) is 0.918. The van der Waals surface area contributed by atoms with Crippen molar-refractivity contribution in [3.8, 4) is 0 Å². The van der Waals surface area contributed by atoms with Crippen molar-refractivity contribution in [2.24, 2.45) is 0 Å². The standard InChI is InChI=1S/CH2O2.Co.Ni/c2-1-3;;/h1H,(H,2,3);;. The van der Waals surface area contributed by atoms with E-state index in [-0.39, 0.29) is 39.7 Å². The third-order valence-corrected chi connectivity index (χ3v) is 0. The maximum absolute atomic E-state index is 8.36. The van der Waals surface area contributed by atoms with E-state index in [9.17, 15) is 0 Å². The molecule has 0 aliphatic carbocycles. The molecule has 0 saturated carbocycles. The Bertz CT molecular complexity index is 17.1. The zero-order valence-electron chi connectivity index (χ0n) is 2.08. The van der Waals surface area contributed by atoms with Gasteiger partial charge in [-0.1, -0.05) is 0 Å². The first-order chi connectivity index (χ1) is 1.41. The summed E-state index contributed by atoms with van der Waals surface area (Å²) in [6, 6.07) is 0. The van der Waals surface area contributed by atoms with Gasteiger partial charge in [-0.2, -0.15) is 0 Å². The molecule has 0 amide bonds. The summed E-state index contributed by atoms with van der Waals surface area (Å²) in [6.45, 7) is -0.250. The van der Waals surface area contributed by atoms with Crippen molar-refractivity contribution in [2.45, 2.75) is 0 Å². The van der Waals surface area contributed by atoms with E-state index in [4.69, 9.17) is 9.90 Å². The third kappa shape index (κ3) is 123. The van der Waals surface area contributed by atoms with Gasteiger partial charge >= 0.3 is 0 Å². The summed E-state index contributed by atoms with van der Waals surface area (Å²) in [7, 11) is 0. The summed E-state index contributed by atoms with van der Waals surface area (Å²) < 4.78 is 0. The van der Waals surface area contributed by atoms with Crippen LogP contribution in [0.25, 0.3) is 0 Å². The fourth-order valence-electron chi connectivity index (χ4n) is 0.